The van der Waals surface area contributed by atoms with Gasteiger partial charge >= 0.3 is 0 Å². The molecule has 0 spiro atoms. The lowest BCUT2D eigenvalue weighted by Crippen LogP contribution is -2.45. The van der Waals surface area contributed by atoms with Crippen LogP contribution in [-0.4, -0.2) is 52.0 Å². The Morgan fingerprint density at radius 1 is 1.50 bits per heavy atom. The van der Waals surface area contributed by atoms with Gasteiger partial charge in [0.15, 0.2) is 0 Å². The van der Waals surface area contributed by atoms with Gasteiger partial charge in [-0.3, -0.25) is 4.79 Å². The molecule has 0 bridgehead atoms. The van der Waals surface area contributed by atoms with Crippen molar-refractivity contribution in [2.45, 2.75) is 24.0 Å². The largest absolute Gasteiger partial charge is 0.383 e. The number of carbonyl (C=O) groups excluding carboxylic acids is 1. The van der Waals surface area contributed by atoms with E-state index in [-0.39, 0.29) is 18.4 Å². The fraction of sp³-hybridized carbons (Fsp3) is 0.643. The summed E-state index contributed by atoms with van der Waals surface area (Å²) in [5.74, 6) is -0.388. The number of hydrogen-bond donors (Lipinski definition) is 1. The van der Waals surface area contributed by atoms with E-state index in [2.05, 4.69) is 5.32 Å². The van der Waals surface area contributed by atoms with Crippen molar-refractivity contribution in [3.63, 3.8) is 0 Å². The minimum absolute atomic E-state index is 0.0979. The molecule has 1 aliphatic rings. The van der Waals surface area contributed by atoms with Crippen LogP contribution in [0, 0.1) is 12.8 Å². The molecule has 1 aliphatic heterocycles. The molecule has 1 saturated heterocycles. The van der Waals surface area contributed by atoms with Crippen LogP contribution in [0.1, 0.15) is 17.7 Å². The smallest absolute Gasteiger partial charge is 0.252 e. The van der Waals surface area contributed by atoms with Crippen molar-refractivity contribution in [3.8, 4) is 0 Å². The van der Waals surface area contributed by atoms with E-state index < -0.39 is 10.0 Å². The average molecular weight is 346 g/mol. The van der Waals surface area contributed by atoms with E-state index in [1.165, 1.54) is 15.6 Å². The van der Waals surface area contributed by atoms with Crippen LogP contribution in [0.4, 0.5) is 0 Å². The Morgan fingerprint density at radius 2 is 2.27 bits per heavy atom. The molecule has 1 aromatic rings. The van der Waals surface area contributed by atoms with Gasteiger partial charge in [0.25, 0.3) is 10.0 Å². The van der Waals surface area contributed by atoms with Gasteiger partial charge in [0.1, 0.15) is 4.21 Å². The topological polar surface area (TPSA) is 75.7 Å². The number of piperidine rings is 1. The van der Waals surface area contributed by atoms with Crippen molar-refractivity contribution in [2.75, 3.05) is 33.4 Å². The Balaban J connectivity index is 2.02. The van der Waals surface area contributed by atoms with E-state index >= 15 is 0 Å². The van der Waals surface area contributed by atoms with Crippen molar-refractivity contribution >= 4 is 27.3 Å². The van der Waals surface area contributed by atoms with E-state index in [1.807, 2.05) is 6.92 Å². The predicted molar refractivity (Wildman–Crippen MR) is 85.4 cm³/mol. The molecular weight excluding hydrogens is 324 g/mol. The van der Waals surface area contributed by atoms with Crippen LogP contribution in [0.5, 0.6) is 0 Å². The Hall–Kier alpha value is -0.960. The Morgan fingerprint density at radius 3 is 2.91 bits per heavy atom. The molecule has 0 radical (unpaired) electrons. The first-order valence-corrected chi connectivity index (χ1v) is 9.54. The maximum absolute atomic E-state index is 12.6. The zero-order valence-corrected chi connectivity index (χ0v) is 14.5. The van der Waals surface area contributed by atoms with Crippen LogP contribution < -0.4 is 5.32 Å². The number of rotatable bonds is 6. The molecule has 0 saturated carbocycles. The van der Waals surface area contributed by atoms with E-state index in [9.17, 15) is 13.2 Å². The second-order valence-corrected chi connectivity index (χ2v) is 8.80. The van der Waals surface area contributed by atoms with Crippen LogP contribution in [0.15, 0.2) is 16.3 Å². The zero-order valence-electron chi connectivity index (χ0n) is 12.9. The molecule has 0 aliphatic carbocycles. The van der Waals surface area contributed by atoms with E-state index in [0.29, 0.717) is 36.7 Å². The lowest BCUT2D eigenvalue weighted by Gasteiger charge is -2.30. The third kappa shape index (κ3) is 4.07. The van der Waals surface area contributed by atoms with Gasteiger partial charge in [0.2, 0.25) is 5.91 Å². The molecule has 2 rings (SSSR count). The minimum Gasteiger partial charge on any atom is -0.383 e. The normalized spacial score (nSPS) is 20.0. The Kier molecular flexibility index (Phi) is 5.96. The summed E-state index contributed by atoms with van der Waals surface area (Å²) in [5, 5.41) is 2.79. The summed E-state index contributed by atoms with van der Waals surface area (Å²) in [7, 11) is -1.91. The first-order valence-electron chi connectivity index (χ1n) is 7.28. The molecule has 1 fully saturated rings. The lowest BCUT2D eigenvalue weighted by atomic mass is 9.99. The lowest BCUT2D eigenvalue weighted by molar-refractivity contribution is -0.126. The maximum Gasteiger partial charge on any atom is 0.252 e. The molecule has 1 unspecified atom stereocenters. The number of hydrogen-bond acceptors (Lipinski definition) is 5. The van der Waals surface area contributed by atoms with Gasteiger partial charge in [-0.25, -0.2) is 8.42 Å². The molecule has 22 heavy (non-hydrogen) atoms. The van der Waals surface area contributed by atoms with Crippen molar-refractivity contribution in [1.29, 1.82) is 0 Å². The summed E-state index contributed by atoms with van der Waals surface area (Å²) in [6.45, 7) is 3.50. The molecule has 8 heteroatoms. The molecule has 1 amide bonds. The number of ether oxygens (including phenoxy) is 1. The maximum atomic E-state index is 12.6. The number of amides is 1. The van der Waals surface area contributed by atoms with Crippen LogP contribution in [0.3, 0.4) is 0 Å². The highest BCUT2D eigenvalue weighted by Crippen LogP contribution is 2.28. The van der Waals surface area contributed by atoms with Crippen molar-refractivity contribution in [2.24, 2.45) is 5.92 Å². The van der Waals surface area contributed by atoms with Crippen molar-refractivity contribution in [1.82, 2.24) is 9.62 Å². The zero-order chi connectivity index (χ0) is 16.2. The third-order valence-corrected chi connectivity index (χ3v) is 7.00. The van der Waals surface area contributed by atoms with Gasteiger partial charge in [-0.15, -0.1) is 11.3 Å². The SMILES string of the molecule is COCCNC(=O)C1CCCN(S(=O)(=O)c2ccc(C)s2)C1. The van der Waals surface area contributed by atoms with Gasteiger partial charge in [0, 0.05) is 31.6 Å². The summed E-state index contributed by atoms with van der Waals surface area (Å²) >= 11 is 1.27. The van der Waals surface area contributed by atoms with Crippen LogP contribution in [-0.2, 0) is 19.6 Å². The van der Waals surface area contributed by atoms with Gasteiger partial charge in [-0.2, -0.15) is 4.31 Å². The highest BCUT2D eigenvalue weighted by atomic mass is 32.2. The van der Waals surface area contributed by atoms with Crippen LogP contribution in [0.25, 0.3) is 0 Å². The highest BCUT2D eigenvalue weighted by molar-refractivity contribution is 7.91. The summed E-state index contributed by atoms with van der Waals surface area (Å²) in [6, 6.07) is 3.44. The number of thiophene rings is 1. The summed E-state index contributed by atoms with van der Waals surface area (Å²) in [4.78, 5) is 13.1. The molecule has 124 valence electrons. The Bertz CT molecular complexity index is 612. The first kappa shape index (κ1) is 17.4. The molecule has 2 heterocycles. The number of nitrogens with zero attached hydrogens (tertiary/aromatic N) is 1. The van der Waals surface area contributed by atoms with Crippen molar-refractivity contribution < 1.29 is 17.9 Å². The summed E-state index contributed by atoms with van der Waals surface area (Å²) < 4.78 is 31.9. The van der Waals surface area contributed by atoms with Gasteiger partial charge in [-0.1, -0.05) is 0 Å². The molecule has 0 aromatic carbocycles. The summed E-state index contributed by atoms with van der Waals surface area (Å²) in [5.41, 5.74) is 0. The molecular formula is C14H22N2O4S2. The quantitative estimate of drug-likeness (QED) is 0.786. The highest BCUT2D eigenvalue weighted by Gasteiger charge is 2.33. The van der Waals surface area contributed by atoms with E-state index in [0.717, 1.165) is 4.88 Å². The molecule has 1 aromatic heterocycles. The molecule has 1 atom stereocenters. The number of aryl methyl sites for hydroxylation is 1. The Labute approximate surface area is 135 Å². The fourth-order valence-electron chi connectivity index (χ4n) is 2.47. The van der Waals surface area contributed by atoms with Crippen LogP contribution in [0.2, 0.25) is 0 Å². The van der Waals surface area contributed by atoms with E-state index in [4.69, 9.17) is 4.74 Å². The fourth-order valence-corrected chi connectivity index (χ4v) is 5.43. The number of carbonyl (C=O) groups is 1. The van der Waals surface area contributed by atoms with E-state index in [1.54, 1.807) is 19.2 Å². The molecule has 1 N–H and O–H groups in total. The van der Waals surface area contributed by atoms with Gasteiger partial charge in [0.05, 0.1) is 12.5 Å². The van der Waals surface area contributed by atoms with Crippen LogP contribution >= 0.6 is 11.3 Å². The number of nitrogens with one attached hydrogen (secondary N) is 1. The molecule has 6 nitrogen and oxygen atoms in total. The third-order valence-electron chi connectivity index (χ3n) is 3.67. The predicted octanol–water partition coefficient (Wildman–Crippen LogP) is 1.22. The second-order valence-electron chi connectivity index (χ2n) is 5.35. The standard InChI is InChI=1S/C14H22N2O4S2/c1-11-5-6-13(21-11)22(18,19)16-8-3-4-12(10-16)14(17)15-7-9-20-2/h5-6,12H,3-4,7-10H2,1-2H3,(H,15,17). The summed E-state index contributed by atoms with van der Waals surface area (Å²) in [6.07, 6.45) is 1.42. The monoisotopic (exact) mass is 346 g/mol. The minimum atomic E-state index is -3.49. The van der Waals surface area contributed by atoms with Gasteiger partial charge in [-0.05, 0) is 31.9 Å². The first-order chi connectivity index (χ1) is 10.4. The van der Waals surface area contributed by atoms with Crippen molar-refractivity contribution in [3.05, 3.63) is 17.0 Å². The van der Waals surface area contributed by atoms with Gasteiger partial charge < -0.3 is 10.1 Å². The second kappa shape index (κ2) is 7.54. The number of sulfonamides is 1. The average Bonchev–Trinajstić information content (AvgIpc) is 2.95. The number of methoxy groups -OCH3 is 1.